The Balaban J connectivity index is 2.23. The van der Waals surface area contributed by atoms with Crippen LogP contribution in [0.3, 0.4) is 0 Å². The van der Waals surface area contributed by atoms with Gasteiger partial charge in [-0.25, -0.2) is 0 Å². The maximum atomic E-state index is 11.9. The van der Waals surface area contributed by atoms with Crippen LogP contribution in [0.1, 0.15) is 43.5 Å². The lowest BCUT2D eigenvalue weighted by atomic mass is 9.98. The molecule has 0 saturated carbocycles. The molecule has 0 fully saturated rings. The first kappa shape index (κ1) is 11.0. The Morgan fingerprint density at radius 1 is 1.25 bits per heavy atom. The number of para-hydroxylation sites is 1. The number of rotatable bonds is 3. The van der Waals surface area contributed by atoms with E-state index in [2.05, 4.69) is 17.6 Å². The molecule has 2 N–H and O–H groups in total. The van der Waals surface area contributed by atoms with E-state index in [0.29, 0.717) is 0 Å². The largest absolute Gasteiger partial charge is 0.362 e. The molecule has 1 atom stereocenters. The van der Waals surface area contributed by atoms with E-state index in [1.54, 1.807) is 0 Å². The molecule has 3 nitrogen and oxygen atoms in total. The van der Waals surface area contributed by atoms with E-state index < -0.39 is 0 Å². The number of fused-ring (bicyclic) bond motifs is 1. The van der Waals surface area contributed by atoms with Gasteiger partial charge in [-0.2, -0.15) is 0 Å². The molecule has 1 heterocycles. The molecule has 1 aromatic carbocycles. The van der Waals surface area contributed by atoms with Crippen LogP contribution in [-0.4, -0.2) is 11.6 Å². The highest BCUT2D eigenvalue weighted by atomic mass is 16.2. The number of hydrogen-bond donors (Lipinski definition) is 2. The number of carbonyl (C=O) groups is 1. The molecule has 16 heavy (non-hydrogen) atoms. The number of hydrogen-bond acceptors (Lipinski definition) is 2. The van der Waals surface area contributed by atoms with E-state index >= 15 is 0 Å². The van der Waals surface area contributed by atoms with Crippen molar-refractivity contribution in [3.63, 3.8) is 0 Å². The van der Waals surface area contributed by atoms with Crippen molar-refractivity contribution in [3.8, 4) is 0 Å². The molecule has 3 heteroatoms. The number of nitrogens with one attached hydrogen (secondary N) is 2. The SMILES string of the molecule is CCCCC1(C)NC(=O)c2ccccc2N1. The quantitative estimate of drug-likeness (QED) is 0.819. The van der Waals surface area contributed by atoms with Crippen molar-refractivity contribution in [3.05, 3.63) is 29.8 Å². The average molecular weight is 218 g/mol. The van der Waals surface area contributed by atoms with Crippen molar-refractivity contribution in [2.75, 3.05) is 5.32 Å². The molecular formula is C13H18N2O. The summed E-state index contributed by atoms with van der Waals surface area (Å²) in [5.41, 5.74) is 1.36. The molecule has 0 radical (unpaired) electrons. The smallest absolute Gasteiger partial charge is 0.255 e. The third kappa shape index (κ3) is 2.03. The van der Waals surface area contributed by atoms with Crippen LogP contribution in [0, 0.1) is 0 Å². The zero-order valence-electron chi connectivity index (χ0n) is 9.84. The van der Waals surface area contributed by atoms with E-state index in [4.69, 9.17) is 0 Å². The van der Waals surface area contributed by atoms with Gasteiger partial charge in [0, 0.05) is 5.69 Å². The van der Waals surface area contributed by atoms with Crippen LogP contribution >= 0.6 is 0 Å². The molecule has 86 valence electrons. The predicted octanol–water partition coefficient (Wildman–Crippen LogP) is 2.75. The highest BCUT2D eigenvalue weighted by Crippen LogP contribution is 2.26. The molecule has 0 spiro atoms. The number of amides is 1. The Kier molecular flexibility index (Phi) is 2.86. The standard InChI is InChI=1S/C13H18N2O/c1-3-4-9-13(2)14-11-8-6-5-7-10(11)12(16)15-13/h5-8,14H,3-4,9H2,1-2H3,(H,15,16). The van der Waals surface area contributed by atoms with E-state index in [0.717, 1.165) is 30.5 Å². The van der Waals surface area contributed by atoms with Crippen LogP contribution < -0.4 is 10.6 Å². The van der Waals surface area contributed by atoms with Gasteiger partial charge in [0.15, 0.2) is 0 Å². The number of benzene rings is 1. The Morgan fingerprint density at radius 3 is 2.75 bits per heavy atom. The van der Waals surface area contributed by atoms with Crippen molar-refractivity contribution in [1.29, 1.82) is 0 Å². The van der Waals surface area contributed by atoms with Crippen LogP contribution in [0.4, 0.5) is 5.69 Å². The summed E-state index contributed by atoms with van der Waals surface area (Å²) in [6.07, 6.45) is 3.18. The van der Waals surface area contributed by atoms with E-state index in [1.165, 1.54) is 0 Å². The fraction of sp³-hybridized carbons (Fsp3) is 0.462. The molecule has 1 unspecified atom stereocenters. The van der Waals surface area contributed by atoms with Gasteiger partial charge >= 0.3 is 0 Å². The maximum absolute atomic E-state index is 11.9. The minimum absolute atomic E-state index is 0.0213. The Hall–Kier alpha value is -1.51. The summed E-state index contributed by atoms with van der Waals surface area (Å²) in [6, 6.07) is 7.63. The summed E-state index contributed by atoms with van der Waals surface area (Å²) < 4.78 is 0. The van der Waals surface area contributed by atoms with E-state index in [-0.39, 0.29) is 11.6 Å². The summed E-state index contributed by atoms with van der Waals surface area (Å²) in [4.78, 5) is 11.9. The monoisotopic (exact) mass is 218 g/mol. The van der Waals surface area contributed by atoms with Gasteiger partial charge < -0.3 is 10.6 Å². The summed E-state index contributed by atoms with van der Waals surface area (Å²) in [6.45, 7) is 4.19. The lowest BCUT2D eigenvalue weighted by molar-refractivity contribution is 0.0902. The van der Waals surface area contributed by atoms with Crippen LogP contribution in [-0.2, 0) is 0 Å². The Labute approximate surface area is 96.2 Å². The minimum atomic E-state index is -0.304. The maximum Gasteiger partial charge on any atom is 0.255 e. The van der Waals surface area contributed by atoms with Crippen molar-refractivity contribution < 1.29 is 4.79 Å². The van der Waals surface area contributed by atoms with Gasteiger partial charge in [-0.15, -0.1) is 0 Å². The first-order valence-corrected chi connectivity index (χ1v) is 5.84. The van der Waals surface area contributed by atoms with Crippen molar-refractivity contribution >= 4 is 11.6 Å². The summed E-state index contributed by atoms with van der Waals surface area (Å²) >= 11 is 0. The first-order chi connectivity index (χ1) is 7.64. The normalized spacial score (nSPS) is 23.2. The van der Waals surface area contributed by atoms with E-state index in [9.17, 15) is 4.79 Å². The molecule has 0 aliphatic carbocycles. The molecule has 1 aliphatic rings. The van der Waals surface area contributed by atoms with Gasteiger partial charge in [-0.1, -0.05) is 25.5 Å². The summed E-state index contributed by atoms with van der Waals surface area (Å²) in [5.74, 6) is 0.0213. The zero-order chi connectivity index (χ0) is 11.6. The Morgan fingerprint density at radius 2 is 2.00 bits per heavy atom. The van der Waals surface area contributed by atoms with Crippen LogP contribution in [0.5, 0.6) is 0 Å². The van der Waals surface area contributed by atoms with Gasteiger partial charge in [-0.05, 0) is 31.9 Å². The molecule has 2 rings (SSSR count). The second-order valence-corrected chi connectivity index (χ2v) is 4.56. The molecule has 1 aliphatic heterocycles. The topological polar surface area (TPSA) is 41.1 Å². The summed E-state index contributed by atoms with van der Waals surface area (Å²) in [5, 5.41) is 6.44. The minimum Gasteiger partial charge on any atom is -0.362 e. The van der Waals surface area contributed by atoms with Crippen molar-refractivity contribution in [2.45, 2.75) is 38.8 Å². The first-order valence-electron chi connectivity index (χ1n) is 5.84. The van der Waals surface area contributed by atoms with Crippen LogP contribution in [0.25, 0.3) is 0 Å². The Bertz CT molecular complexity index is 403. The fourth-order valence-corrected chi connectivity index (χ4v) is 2.09. The second kappa shape index (κ2) is 4.16. The highest BCUT2D eigenvalue weighted by Gasteiger charge is 2.31. The molecule has 1 aromatic rings. The van der Waals surface area contributed by atoms with Crippen LogP contribution in [0.2, 0.25) is 0 Å². The van der Waals surface area contributed by atoms with Crippen LogP contribution in [0.15, 0.2) is 24.3 Å². The molecule has 0 bridgehead atoms. The summed E-state index contributed by atoms with van der Waals surface area (Å²) in [7, 11) is 0. The fourth-order valence-electron chi connectivity index (χ4n) is 2.09. The van der Waals surface area contributed by atoms with Gasteiger partial charge in [0.25, 0.3) is 5.91 Å². The number of carbonyl (C=O) groups excluding carboxylic acids is 1. The van der Waals surface area contributed by atoms with Crippen molar-refractivity contribution in [1.82, 2.24) is 5.32 Å². The lowest BCUT2D eigenvalue weighted by Crippen LogP contribution is -2.55. The average Bonchev–Trinajstić information content (AvgIpc) is 2.26. The lowest BCUT2D eigenvalue weighted by Gasteiger charge is -2.37. The number of unbranched alkanes of at least 4 members (excludes halogenated alkanes) is 1. The highest BCUT2D eigenvalue weighted by molar-refractivity contribution is 6.02. The van der Waals surface area contributed by atoms with Gasteiger partial charge in [0.1, 0.15) is 5.66 Å². The molecule has 0 aromatic heterocycles. The van der Waals surface area contributed by atoms with E-state index in [1.807, 2.05) is 31.2 Å². The molecule has 1 amide bonds. The van der Waals surface area contributed by atoms with Gasteiger partial charge in [0.2, 0.25) is 0 Å². The molecular weight excluding hydrogens is 200 g/mol. The van der Waals surface area contributed by atoms with Gasteiger partial charge in [-0.3, -0.25) is 4.79 Å². The third-order valence-corrected chi connectivity index (χ3v) is 3.00. The van der Waals surface area contributed by atoms with Crippen molar-refractivity contribution in [2.24, 2.45) is 0 Å². The van der Waals surface area contributed by atoms with Gasteiger partial charge in [0.05, 0.1) is 5.56 Å². The molecule has 0 saturated heterocycles. The zero-order valence-corrected chi connectivity index (χ0v) is 9.84. The third-order valence-electron chi connectivity index (χ3n) is 3.00. The predicted molar refractivity (Wildman–Crippen MR) is 65.5 cm³/mol. The second-order valence-electron chi connectivity index (χ2n) is 4.56. The number of anilines is 1.